The fourth-order valence-corrected chi connectivity index (χ4v) is 3.11. The van der Waals surface area contributed by atoms with Crippen LogP contribution in [0.15, 0.2) is 0 Å². The van der Waals surface area contributed by atoms with Crippen molar-refractivity contribution in [3.8, 4) is 0 Å². The standard InChI is InChI=1S/C11H24N2O3S/c1-10(2)12-6-4-7-13-17(14,15)9-11-5-3-8-16-11/h10-13H,3-9H2,1-2H3. The molecule has 0 aromatic carbocycles. The molecule has 1 rings (SSSR count). The molecule has 102 valence electrons. The molecule has 0 spiro atoms. The molecular formula is C11H24N2O3S. The van der Waals surface area contributed by atoms with Gasteiger partial charge < -0.3 is 10.1 Å². The summed E-state index contributed by atoms with van der Waals surface area (Å²) in [5.74, 6) is 0.102. The summed E-state index contributed by atoms with van der Waals surface area (Å²) in [6, 6.07) is 0.443. The van der Waals surface area contributed by atoms with Gasteiger partial charge in [-0.25, -0.2) is 13.1 Å². The van der Waals surface area contributed by atoms with E-state index in [2.05, 4.69) is 23.9 Å². The van der Waals surface area contributed by atoms with Crippen molar-refractivity contribution in [1.82, 2.24) is 10.0 Å². The Kier molecular flexibility index (Phi) is 6.40. The Morgan fingerprint density at radius 1 is 1.35 bits per heavy atom. The Morgan fingerprint density at radius 2 is 2.12 bits per heavy atom. The van der Waals surface area contributed by atoms with Gasteiger partial charge in [-0.05, 0) is 25.8 Å². The van der Waals surface area contributed by atoms with E-state index < -0.39 is 10.0 Å². The minimum Gasteiger partial charge on any atom is -0.377 e. The number of hydrogen-bond acceptors (Lipinski definition) is 4. The zero-order chi connectivity index (χ0) is 12.7. The molecular weight excluding hydrogens is 240 g/mol. The third kappa shape index (κ3) is 6.98. The van der Waals surface area contributed by atoms with Crippen LogP contribution >= 0.6 is 0 Å². The Balaban J connectivity index is 2.11. The highest BCUT2D eigenvalue weighted by Crippen LogP contribution is 2.13. The lowest BCUT2D eigenvalue weighted by Crippen LogP contribution is -2.34. The summed E-state index contributed by atoms with van der Waals surface area (Å²) < 4.78 is 31.3. The quantitative estimate of drug-likeness (QED) is 0.626. The average molecular weight is 264 g/mol. The summed E-state index contributed by atoms with van der Waals surface area (Å²) >= 11 is 0. The lowest BCUT2D eigenvalue weighted by atomic mass is 10.3. The van der Waals surface area contributed by atoms with Crippen LogP contribution in [0.1, 0.15) is 33.1 Å². The molecule has 1 heterocycles. The van der Waals surface area contributed by atoms with Crippen molar-refractivity contribution < 1.29 is 13.2 Å². The highest BCUT2D eigenvalue weighted by Gasteiger charge is 2.22. The van der Waals surface area contributed by atoms with Crippen molar-refractivity contribution >= 4 is 10.0 Å². The lowest BCUT2D eigenvalue weighted by molar-refractivity contribution is 0.127. The molecule has 5 nitrogen and oxygen atoms in total. The first-order valence-corrected chi connectivity index (χ1v) is 7.97. The second-order valence-electron chi connectivity index (χ2n) is 4.77. The van der Waals surface area contributed by atoms with Gasteiger partial charge in [0.1, 0.15) is 0 Å². The van der Waals surface area contributed by atoms with Crippen LogP contribution in [0.25, 0.3) is 0 Å². The first kappa shape index (κ1) is 14.9. The van der Waals surface area contributed by atoms with E-state index in [1.807, 2.05) is 0 Å². The molecule has 1 unspecified atom stereocenters. The Morgan fingerprint density at radius 3 is 2.71 bits per heavy atom. The maximum atomic E-state index is 11.7. The minimum absolute atomic E-state index is 0.102. The SMILES string of the molecule is CC(C)NCCCNS(=O)(=O)CC1CCCO1. The topological polar surface area (TPSA) is 67.4 Å². The van der Waals surface area contributed by atoms with E-state index in [1.165, 1.54) is 0 Å². The maximum absolute atomic E-state index is 11.7. The molecule has 17 heavy (non-hydrogen) atoms. The first-order valence-electron chi connectivity index (χ1n) is 6.32. The highest BCUT2D eigenvalue weighted by atomic mass is 32.2. The monoisotopic (exact) mass is 264 g/mol. The predicted octanol–water partition coefficient (Wildman–Crippen LogP) is 0.473. The van der Waals surface area contributed by atoms with Gasteiger partial charge in [-0.1, -0.05) is 13.8 Å². The number of nitrogens with one attached hydrogen (secondary N) is 2. The van der Waals surface area contributed by atoms with Crippen molar-refractivity contribution in [1.29, 1.82) is 0 Å². The van der Waals surface area contributed by atoms with Crippen LogP contribution in [-0.4, -0.2) is 46.0 Å². The zero-order valence-electron chi connectivity index (χ0n) is 10.7. The Labute approximate surface area is 104 Å². The van der Waals surface area contributed by atoms with Crippen LogP contribution in [0.2, 0.25) is 0 Å². The molecule has 1 fully saturated rings. The summed E-state index contributed by atoms with van der Waals surface area (Å²) in [6.45, 7) is 6.16. The fraction of sp³-hybridized carbons (Fsp3) is 1.00. The van der Waals surface area contributed by atoms with Gasteiger partial charge in [-0.15, -0.1) is 0 Å². The van der Waals surface area contributed by atoms with Gasteiger partial charge >= 0.3 is 0 Å². The Hall–Kier alpha value is -0.170. The smallest absolute Gasteiger partial charge is 0.214 e. The van der Waals surface area contributed by atoms with Gasteiger partial charge in [0.15, 0.2) is 0 Å². The van der Waals surface area contributed by atoms with Crippen LogP contribution < -0.4 is 10.0 Å². The molecule has 1 saturated heterocycles. The highest BCUT2D eigenvalue weighted by molar-refractivity contribution is 7.89. The second kappa shape index (κ2) is 7.31. The summed E-state index contributed by atoms with van der Waals surface area (Å²) in [4.78, 5) is 0. The van der Waals surface area contributed by atoms with E-state index in [0.717, 1.165) is 25.8 Å². The summed E-state index contributed by atoms with van der Waals surface area (Å²) in [5, 5.41) is 3.25. The van der Waals surface area contributed by atoms with Crippen LogP contribution in [0.3, 0.4) is 0 Å². The van der Waals surface area contributed by atoms with Gasteiger partial charge in [-0.2, -0.15) is 0 Å². The summed E-state index contributed by atoms with van der Waals surface area (Å²) in [7, 11) is -3.17. The molecule has 0 bridgehead atoms. The van der Waals surface area contributed by atoms with Crippen molar-refractivity contribution in [3.05, 3.63) is 0 Å². The van der Waals surface area contributed by atoms with E-state index in [1.54, 1.807) is 0 Å². The zero-order valence-corrected chi connectivity index (χ0v) is 11.6. The molecule has 0 saturated carbocycles. The molecule has 1 aliphatic rings. The van der Waals surface area contributed by atoms with E-state index in [4.69, 9.17) is 4.74 Å². The van der Waals surface area contributed by atoms with Gasteiger partial charge in [0.2, 0.25) is 10.0 Å². The molecule has 0 radical (unpaired) electrons. The van der Waals surface area contributed by atoms with Gasteiger partial charge in [0.25, 0.3) is 0 Å². The molecule has 0 aromatic heterocycles. The number of sulfonamides is 1. The average Bonchev–Trinajstić information content (AvgIpc) is 2.68. The Bertz CT molecular complexity index is 298. The summed E-state index contributed by atoms with van der Waals surface area (Å²) in [5.41, 5.74) is 0. The van der Waals surface area contributed by atoms with Crippen LogP contribution in [0.4, 0.5) is 0 Å². The first-order chi connectivity index (χ1) is 7.99. The largest absolute Gasteiger partial charge is 0.377 e. The van der Waals surface area contributed by atoms with Crippen molar-refractivity contribution in [2.24, 2.45) is 0 Å². The van der Waals surface area contributed by atoms with Crippen LogP contribution in [0.5, 0.6) is 0 Å². The number of ether oxygens (including phenoxy) is 1. The van der Waals surface area contributed by atoms with Gasteiger partial charge in [0.05, 0.1) is 11.9 Å². The van der Waals surface area contributed by atoms with E-state index in [9.17, 15) is 8.42 Å². The van der Waals surface area contributed by atoms with Crippen molar-refractivity contribution in [2.45, 2.75) is 45.3 Å². The van der Waals surface area contributed by atoms with Crippen molar-refractivity contribution in [3.63, 3.8) is 0 Å². The lowest BCUT2D eigenvalue weighted by Gasteiger charge is -2.12. The molecule has 1 atom stereocenters. The molecule has 0 amide bonds. The molecule has 1 aliphatic heterocycles. The van der Waals surface area contributed by atoms with E-state index in [-0.39, 0.29) is 11.9 Å². The van der Waals surface area contributed by atoms with E-state index >= 15 is 0 Å². The van der Waals surface area contributed by atoms with Crippen LogP contribution in [-0.2, 0) is 14.8 Å². The molecule has 0 aliphatic carbocycles. The predicted molar refractivity (Wildman–Crippen MR) is 68.5 cm³/mol. The third-order valence-corrected chi connectivity index (χ3v) is 4.11. The van der Waals surface area contributed by atoms with Crippen LogP contribution in [0, 0.1) is 0 Å². The summed E-state index contributed by atoms with van der Waals surface area (Å²) in [6.07, 6.45) is 2.53. The fourth-order valence-electron chi connectivity index (χ4n) is 1.79. The minimum atomic E-state index is -3.17. The molecule has 2 N–H and O–H groups in total. The number of rotatable bonds is 8. The third-order valence-electron chi connectivity index (χ3n) is 2.66. The second-order valence-corrected chi connectivity index (χ2v) is 6.62. The number of hydrogen-bond donors (Lipinski definition) is 2. The maximum Gasteiger partial charge on any atom is 0.214 e. The van der Waals surface area contributed by atoms with Gasteiger partial charge in [0, 0.05) is 19.2 Å². The van der Waals surface area contributed by atoms with E-state index in [0.29, 0.717) is 19.2 Å². The molecule has 6 heteroatoms. The van der Waals surface area contributed by atoms with Crippen molar-refractivity contribution in [2.75, 3.05) is 25.4 Å². The molecule has 0 aromatic rings. The normalized spacial score (nSPS) is 21.2. The van der Waals surface area contributed by atoms with Gasteiger partial charge in [-0.3, -0.25) is 0 Å².